The van der Waals surface area contributed by atoms with E-state index in [2.05, 4.69) is 6.92 Å². The zero-order chi connectivity index (χ0) is 7.90. The van der Waals surface area contributed by atoms with Gasteiger partial charge in [0, 0.05) is 0 Å². The molecular formula is C10H18O. The van der Waals surface area contributed by atoms with Gasteiger partial charge in [-0.25, -0.2) is 0 Å². The fraction of sp³-hybridized carbons (Fsp3) is 1.00. The molecule has 0 aromatic carbocycles. The predicted octanol–water partition coefficient (Wildman–Crippen LogP) is 2.34. The molecule has 11 heavy (non-hydrogen) atoms. The van der Waals surface area contributed by atoms with E-state index in [4.69, 9.17) is 0 Å². The number of hydrogen-bond acceptors (Lipinski definition) is 1. The average molecular weight is 154 g/mol. The van der Waals surface area contributed by atoms with Crippen molar-refractivity contribution in [1.29, 1.82) is 0 Å². The maximum absolute atomic E-state index is 9.23. The topological polar surface area (TPSA) is 20.2 Å². The lowest BCUT2D eigenvalue weighted by molar-refractivity contribution is -0.0605. The first kappa shape index (κ1) is 7.60. The quantitative estimate of drug-likeness (QED) is 0.568. The van der Waals surface area contributed by atoms with Crippen LogP contribution in [-0.2, 0) is 0 Å². The molecule has 0 bridgehead atoms. The number of aliphatic hydroxyl groups is 1. The van der Waals surface area contributed by atoms with Crippen LogP contribution in [-0.4, -0.2) is 11.2 Å². The molecule has 0 aromatic rings. The summed E-state index contributed by atoms with van der Waals surface area (Å²) in [7, 11) is 0. The van der Waals surface area contributed by atoms with Gasteiger partial charge in [0.25, 0.3) is 0 Å². The lowest BCUT2D eigenvalue weighted by atomic mass is 9.58. The normalized spacial score (nSPS) is 50.7. The van der Waals surface area contributed by atoms with Gasteiger partial charge in [-0.05, 0) is 37.0 Å². The van der Waals surface area contributed by atoms with E-state index in [0.717, 1.165) is 18.8 Å². The van der Waals surface area contributed by atoms with Crippen LogP contribution in [0.25, 0.3) is 0 Å². The largest absolute Gasteiger partial charge is 0.393 e. The Bertz CT molecular complexity index is 137. The molecule has 0 aliphatic heterocycles. The van der Waals surface area contributed by atoms with Crippen LogP contribution in [0.2, 0.25) is 0 Å². The monoisotopic (exact) mass is 154 g/mol. The minimum absolute atomic E-state index is 0.0448. The fourth-order valence-electron chi connectivity index (χ4n) is 2.72. The van der Waals surface area contributed by atoms with Gasteiger partial charge in [0.1, 0.15) is 0 Å². The molecule has 2 aliphatic rings. The third-order valence-corrected chi connectivity index (χ3v) is 3.67. The summed E-state index contributed by atoms with van der Waals surface area (Å²) in [5, 5.41) is 9.23. The first-order valence-corrected chi connectivity index (χ1v) is 4.88. The summed E-state index contributed by atoms with van der Waals surface area (Å²) < 4.78 is 0. The van der Waals surface area contributed by atoms with Gasteiger partial charge in [-0.15, -0.1) is 0 Å². The smallest absolute Gasteiger partial charge is 0.0550 e. The molecule has 2 fully saturated rings. The van der Waals surface area contributed by atoms with Crippen LogP contribution in [0, 0.1) is 11.3 Å². The van der Waals surface area contributed by atoms with Crippen LogP contribution >= 0.6 is 0 Å². The Morgan fingerprint density at radius 2 is 1.73 bits per heavy atom. The summed E-state index contributed by atoms with van der Waals surface area (Å²) >= 11 is 0. The second kappa shape index (κ2) is 2.48. The average Bonchev–Trinajstić information content (AvgIpc) is 1.92. The predicted molar refractivity (Wildman–Crippen MR) is 45.3 cm³/mol. The number of hydrogen-bond donors (Lipinski definition) is 1. The van der Waals surface area contributed by atoms with Crippen LogP contribution < -0.4 is 0 Å². The van der Waals surface area contributed by atoms with Crippen molar-refractivity contribution in [1.82, 2.24) is 0 Å². The van der Waals surface area contributed by atoms with Gasteiger partial charge in [0.15, 0.2) is 0 Å². The standard InChI is InChI=1S/C10H18O/c1-8-2-4-10(5-3-8)6-9(11)7-10/h8-9,11H,2-7H2,1H3. The van der Waals surface area contributed by atoms with Gasteiger partial charge in [-0.3, -0.25) is 0 Å². The highest BCUT2D eigenvalue weighted by Crippen LogP contribution is 2.52. The second-order valence-corrected chi connectivity index (χ2v) is 4.74. The first-order valence-electron chi connectivity index (χ1n) is 4.88. The Kier molecular flexibility index (Phi) is 1.71. The minimum atomic E-state index is 0.0448. The Balaban J connectivity index is 1.88. The summed E-state index contributed by atoms with van der Waals surface area (Å²) in [6, 6.07) is 0. The molecule has 0 radical (unpaired) electrons. The first-order chi connectivity index (χ1) is 5.20. The zero-order valence-electron chi connectivity index (χ0n) is 7.34. The van der Waals surface area contributed by atoms with E-state index in [9.17, 15) is 5.11 Å². The minimum Gasteiger partial charge on any atom is -0.393 e. The molecule has 0 atom stereocenters. The molecule has 0 amide bonds. The molecule has 0 aromatic heterocycles. The van der Waals surface area contributed by atoms with Gasteiger partial charge in [-0.2, -0.15) is 0 Å². The molecular weight excluding hydrogens is 136 g/mol. The van der Waals surface area contributed by atoms with Crippen molar-refractivity contribution < 1.29 is 5.11 Å². The van der Waals surface area contributed by atoms with Gasteiger partial charge in [0.2, 0.25) is 0 Å². The van der Waals surface area contributed by atoms with Crippen LogP contribution in [0.5, 0.6) is 0 Å². The number of rotatable bonds is 0. The molecule has 1 nitrogen and oxygen atoms in total. The van der Waals surface area contributed by atoms with Gasteiger partial charge >= 0.3 is 0 Å². The summed E-state index contributed by atoms with van der Waals surface area (Å²) in [6.45, 7) is 2.35. The third kappa shape index (κ3) is 1.31. The SMILES string of the molecule is CC1CCC2(CC1)CC(O)C2. The summed E-state index contributed by atoms with van der Waals surface area (Å²) in [4.78, 5) is 0. The maximum atomic E-state index is 9.23. The van der Waals surface area contributed by atoms with Crippen LogP contribution in [0.1, 0.15) is 45.4 Å². The Labute approximate surface area is 68.8 Å². The lowest BCUT2D eigenvalue weighted by Gasteiger charge is -2.49. The molecule has 2 rings (SSSR count). The highest BCUT2D eigenvalue weighted by molar-refractivity contribution is 4.96. The molecule has 1 spiro atoms. The molecule has 0 heterocycles. The summed E-state index contributed by atoms with van der Waals surface area (Å²) in [5.41, 5.74) is 0.603. The van der Waals surface area contributed by atoms with Crippen molar-refractivity contribution in [3.63, 3.8) is 0 Å². The van der Waals surface area contributed by atoms with E-state index in [0.29, 0.717) is 5.41 Å². The molecule has 64 valence electrons. The van der Waals surface area contributed by atoms with Gasteiger partial charge in [-0.1, -0.05) is 19.8 Å². The van der Waals surface area contributed by atoms with Crippen molar-refractivity contribution >= 4 is 0 Å². The highest BCUT2D eigenvalue weighted by atomic mass is 16.3. The third-order valence-electron chi connectivity index (χ3n) is 3.67. The zero-order valence-corrected chi connectivity index (χ0v) is 7.34. The van der Waals surface area contributed by atoms with E-state index in [1.165, 1.54) is 25.7 Å². The molecule has 1 heteroatoms. The van der Waals surface area contributed by atoms with E-state index in [1.54, 1.807) is 0 Å². The van der Waals surface area contributed by atoms with E-state index >= 15 is 0 Å². The Morgan fingerprint density at radius 1 is 1.18 bits per heavy atom. The molecule has 0 unspecified atom stereocenters. The van der Waals surface area contributed by atoms with Crippen molar-refractivity contribution in [2.75, 3.05) is 0 Å². The lowest BCUT2D eigenvalue weighted by Crippen LogP contribution is -2.43. The van der Waals surface area contributed by atoms with Crippen molar-refractivity contribution in [3.8, 4) is 0 Å². The van der Waals surface area contributed by atoms with Gasteiger partial charge in [0.05, 0.1) is 6.10 Å². The van der Waals surface area contributed by atoms with Crippen LogP contribution in [0.3, 0.4) is 0 Å². The Morgan fingerprint density at radius 3 is 2.18 bits per heavy atom. The number of aliphatic hydroxyl groups excluding tert-OH is 1. The highest BCUT2D eigenvalue weighted by Gasteiger charge is 2.44. The fourth-order valence-corrected chi connectivity index (χ4v) is 2.72. The van der Waals surface area contributed by atoms with Gasteiger partial charge < -0.3 is 5.11 Å². The summed E-state index contributed by atoms with van der Waals surface area (Å²) in [5.74, 6) is 0.943. The molecule has 2 aliphatic carbocycles. The van der Waals surface area contributed by atoms with E-state index < -0.39 is 0 Å². The molecule has 1 N–H and O–H groups in total. The summed E-state index contributed by atoms with van der Waals surface area (Å²) in [6.07, 6.45) is 7.79. The van der Waals surface area contributed by atoms with E-state index in [1.807, 2.05) is 0 Å². The molecule has 0 saturated heterocycles. The molecule has 2 saturated carbocycles. The van der Waals surface area contributed by atoms with Crippen LogP contribution in [0.4, 0.5) is 0 Å². The van der Waals surface area contributed by atoms with Crippen molar-refractivity contribution in [2.45, 2.75) is 51.6 Å². The maximum Gasteiger partial charge on any atom is 0.0550 e. The van der Waals surface area contributed by atoms with E-state index in [-0.39, 0.29) is 6.10 Å². The second-order valence-electron chi connectivity index (χ2n) is 4.74. The van der Waals surface area contributed by atoms with Crippen LogP contribution in [0.15, 0.2) is 0 Å². The van der Waals surface area contributed by atoms with Crippen molar-refractivity contribution in [3.05, 3.63) is 0 Å². The Hall–Kier alpha value is -0.0400. The van der Waals surface area contributed by atoms with Crippen molar-refractivity contribution in [2.24, 2.45) is 11.3 Å².